The van der Waals surface area contributed by atoms with Crippen LogP contribution in [0.1, 0.15) is 11.6 Å². The fourth-order valence-corrected chi connectivity index (χ4v) is 2.94. The Morgan fingerprint density at radius 2 is 1.76 bits per heavy atom. The molecule has 0 saturated carbocycles. The highest BCUT2D eigenvalue weighted by Crippen LogP contribution is 2.23. The Kier molecular flexibility index (Phi) is 4.81. The lowest BCUT2D eigenvalue weighted by atomic mass is 10.1. The van der Waals surface area contributed by atoms with Gasteiger partial charge in [-0.25, -0.2) is 9.07 Å². The van der Waals surface area contributed by atoms with Crippen molar-refractivity contribution in [2.45, 2.75) is 6.04 Å². The van der Waals surface area contributed by atoms with E-state index in [0.29, 0.717) is 23.3 Å². The van der Waals surface area contributed by atoms with Gasteiger partial charge in [0.15, 0.2) is 5.82 Å². The van der Waals surface area contributed by atoms with Crippen LogP contribution in [0.25, 0.3) is 10.8 Å². The lowest BCUT2D eigenvalue weighted by Crippen LogP contribution is -2.29. The van der Waals surface area contributed by atoms with Crippen molar-refractivity contribution in [3.63, 3.8) is 0 Å². The zero-order valence-electron chi connectivity index (χ0n) is 14.5. The molecule has 0 bridgehead atoms. The second-order valence-corrected chi connectivity index (χ2v) is 6.20. The Morgan fingerprint density at radius 3 is 2.44 bits per heavy atom. The Hall–Kier alpha value is -2.73. The molecule has 0 fully saturated rings. The molecule has 1 unspecified atom stereocenters. The predicted molar refractivity (Wildman–Crippen MR) is 98.3 cm³/mol. The fourth-order valence-electron chi connectivity index (χ4n) is 2.94. The molecule has 25 heavy (non-hydrogen) atoms. The topological polar surface area (TPSA) is 50.2 Å². The third-order valence-corrected chi connectivity index (χ3v) is 4.31. The number of rotatable bonds is 5. The van der Waals surface area contributed by atoms with E-state index in [0.717, 1.165) is 5.39 Å². The van der Waals surface area contributed by atoms with Gasteiger partial charge in [0.05, 0.1) is 11.4 Å². The lowest BCUT2D eigenvalue weighted by molar-refractivity contribution is 0.304. The number of nitrogens with zero attached hydrogens (tertiary/aromatic N) is 3. The molecular weight excluding hydrogens is 319 g/mol. The third-order valence-electron chi connectivity index (χ3n) is 4.31. The summed E-state index contributed by atoms with van der Waals surface area (Å²) in [5, 5.41) is 8.98. The van der Waals surface area contributed by atoms with Crippen LogP contribution in [0.2, 0.25) is 0 Å². The van der Waals surface area contributed by atoms with Crippen molar-refractivity contribution in [1.29, 1.82) is 0 Å². The maximum atomic E-state index is 14.2. The van der Waals surface area contributed by atoms with Crippen LogP contribution in [0, 0.1) is 5.82 Å². The molecule has 2 aromatic carbocycles. The Morgan fingerprint density at radius 1 is 1.12 bits per heavy atom. The van der Waals surface area contributed by atoms with Gasteiger partial charge < -0.3 is 10.2 Å². The first-order chi connectivity index (χ1) is 12.0. The van der Waals surface area contributed by atoms with Crippen molar-refractivity contribution < 1.29 is 4.39 Å². The molecule has 0 aliphatic rings. The average molecular weight is 340 g/mol. The van der Waals surface area contributed by atoms with Crippen LogP contribution in [0.3, 0.4) is 0 Å². The zero-order chi connectivity index (χ0) is 18.0. The first kappa shape index (κ1) is 17.1. The van der Waals surface area contributed by atoms with Gasteiger partial charge in [-0.2, -0.15) is 5.10 Å². The molecule has 1 heterocycles. The van der Waals surface area contributed by atoms with E-state index in [1.54, 1.807) is 25.2 Å². The van der Waals surface area contributed by atoms with Crippen LogP contribution in [0.4, 0.5) is 10.2 Å². The van der Waals surface area contributed by atoms with E-state index < -0.39 is 0 Å². The third kappa shape index (κ3) is 3.39. The molecule has 1 atom stereocenters. The number of anilines is 1. The van der Waals surface area contributed by atoms with Crippen molar-refractivity contribution in [3.05, 3.63) is 70.3 Å². The molecule has 0 amide bonds. The molecule has 1 N–H and O–H groups in total. The monoisotopic (exact) mass is 340 g/mol. The Bertz CT molecular complexity index is 952. The van der Waals surface area contributed by atoms with Crippen LogP contribution in [0.5, 0.6) is 0 Å². The SMILES string of the molecule is CN(C)C(CNc1nn(C)c(=O)c2ccccc12)c1ccccc1F. The Labute approximate surface area is 145 Å². The predicted octanol–water partition coefficient (Wildman–Crippen LogP) is 2.79. The van der Waals surface area contributed by atoms with E-state index in [9.17, 15) is 9.18 Å². The van der Waals surface area contributed by atoms with E-state index >= 15 is 0 Å². The number of likely N-dealkylation sites (N-methyl/N-ethyl adjacent to an activating group) is 1. The second-order valence-electron chi connectivity index (χ2n) is 6.20. The largest absolute Gasteiger partial charge is 0.366 e. The molecule has 3 aromatic rings. The van der Waals surface area contributed by atoms with Crippen molar-refractivity contribution in [1.82, 2.24) is 14.7 Å². The highest BCUT2D eigenvalue weighted by molar-refractivity contribution is 5.90. The number of halogens is 1. The van der Waals surface area contributed by atoms with E-state index in [-0.39, 0.29) is 17.4 Å². The number of hydrogen-bond acceptors (Lipinski definition) is 4. The summed E-state index contributed by atoms with van der Waals surface area (Å²) in [4.78, 5) is 14.2. The maximum Gasteiger partial charge on any atom is 0.274 e. The first-order valence-corrected chi connectivity index (χ1v) is 8.10. The van der Waals surface area contributed by atoms with Crippen LogP contribution in [0.15, 0.2) is 53.3 Å². The quantitative estimate of drug-likeness (QED) is 0.776. The highest BCUT2D eigenvalue weighted by atomic mass is 19.1. The van der Waals surface area contributed by atoms with Gasteiger partial charge >= 0.3 is 0 Å². The van der Waals surface area contributed by atoms with Gasteiger partial charge in [-0.05, 0) is 26.2 Å². The van der Waals surface area contributed by atoms with Crippen LogP contribution in [-0.4, -0.2) is 35.3 Å². The summed E-state index contributed by atoms with van der Waals surface area (Å²) in [6.07, 6.45) is 0. The summed E-state index contributed by atoms with van der Waals surface area (Å²) in [6, 6.07) is 13.9. The van der Waals surface area contributed by atoms with Gasteiger partial charge in [-0.15, -0.1) is 0 Å². The molecule has 1 aromatic heterocycles. The number of fused-ring (bicyclic) bond motifs is 1. The summed E-state index contributed by atoms with van der Waals surface area (Å²) in [6.45, 7) is 0.461. The molecule has 0 aliphatic carbocycles. The molecule has 3 rings (SSSR count). The van der Waals surface area contributed by atoms with Gasteiger partial charge in [-0.3, -0.25) is 4.79 Å². The van der Waals surface area contributed by atoms with Gasteiger partial charge in [-0.1, -0.05) is 36.4 Å². The maximum absolute atomic E-state index is 14.2. The van der Waals surface area contributed by atoms with Crippen molar-refractivity contribution in [3.8, 4) is 0 Å². The standard InChI is InChI=1S/C19H21FN4O/c1-23(2)17(15-10-6-7-11-16(15)20)12-21-18-13-8-4-5-9-14(13)19(25)24(3)22-18/h4-11,17H,12H2,1-3H3,(H,21,22). The molecule has 6 heteroatoms. The summed E-state index contributed by atoms with van der Waals surface area (Å²) in [5.74, 6) is 0.377. The first-order valence-electron chi connectivity index (χ1n) is 8.10. The van der Waals surface area contributed by atoms with Crippen molar-refractivity contribution in [2.24, 2.45) is 7.05 Å². The molecular formula is C19H21FN4O. The molecule has 0 radical (unpaired) electrons. The van der Waals surface area contributed by atoms with Gasteiger partial charge in [0.1, 0.15) is 5.82 Å². The zero-order valence-corrected chi connectivity index (χ0v) is 14.5. The lowest BCUT2D eigenvalue weighted by Gasteiger charge is -2.26. The van der Waals surface area contributed by atoms with Crippen LogP contribution in [-0.2, 0) is 7.05 Å². The van der Waals surface area contributed by atoms with E-state index in [1.165, 1.54) is 10.7 Å². The fraction of sp³-hybridized carbons (Fsp3) is 0.263. The van der Waals surface area contributed by atoms with Crippen LogP contribution < -0.4 is 10.9 Å². The molecule has 0 spiro atoms. The summed E-state index contributed by atoms with van der Waals surface area (Å²) in [7, 11) is 5.44. The molecule has 0 aliphatic heterocycles. The van der Waals surface area contributed by atoms with Gasteiger partial charge in [0.25, 0.3) is 5.56 Å². The van der Waals surface area contributed by atoms with Gasteiger partial charge in [0.2, 0.25) is 0 Å². The van der Waals surface area contributed by atoms with E-state index in [1.807, 2.05) is 43.3 Å². The Balaban J connectivity index is 1.95. The van der Waals surface area contributed by atoms with Crippen molar-refractivity contribution >= 4 is 16.6 Å². The van der Waals surface area contributed by atoms with Crippen molar-refractivity contribution in [2.75, 3.05) is 26.0 Å². The number of aryl methyl sites for hydroxylation is 1. The second kappa shape index (κ2) is 7.03. The van der Waals surface area contributed by atoms with Gasteiger partial charge in [0, 0.05) is 24.5 Å². The minimum atomic E-state index is -0.235. The normalized spacial score (nSPS) is 12.5. The summed E-state index contributed by atoms with van der Waals surface area (Å²) < 4.78 is 15.5. The average Bonchev–Trinajstić information content (AvgIpc) is 2.60. The molecule has 5 nitrogen and oxygen atoms in total. The minimum Gasteiger partial charge on any atom is -0.366 e. The molecule has 0 saturated heterocycles. The number of nitrogens with one attached hydrogen (secondary N) is 1. The smallest absolute Gasteiger partial charge is 0.274 e. The number of aromatic nitrogens is 2. The van der Waals surface area contributed by atoms with E-state index in [4.69, 9.17) is 0 Å². The highest BCUT2D eigenvalue weighted by Gasteiger charge is 2.18. The molecule has 130 valence electrons. The minimum absolute atomic E-state index is 0.139. The summed E-state index contributed by atoms with van der Waals surface area (Å²) in [5.41, 5.74) is 0.480. The van der Waals surface area contributed by atoms with Crippen LogP contribution >= 0.6 is 0 Å². The summed E-state index contributed by atoms with van der Waals surface area (Å²) >= 11 is 0. The number of hydrogen-bond donors (Lipinski definition) is 1. The number of benzene rings is 2. The van der Waals surface area contributed by atoms with E-state index in [2.05, 4.69) is 10.4 Å².